The molecule has 0 saturated carbocycles. The van der Waals surface area contributed by atoms with E-state index in [2.05, 4.69) is 15.6 Å². The first-order chi connectivity index (χ1) is 12.2. The predicted molar refractivity (Wildman–Crippen MR) is 107 cm³/mol. The normalized spacial score (nSPS) is 11.2. The molecule has 0 unspecified atom stereocenters. The van der Waals surface area contributed by atoms with Crippen molar-refractivity contribution in [2.45, 2.75) is 32.8 Å². The fourth-order valence-electron chi connectivity index (χ4n) is 1.91. The van der Waals surface area contributed by atoms with Gasteiger partial charge in [-0.3, -0.25) is 4.79 Å². The number of ketones is 1. The lowest BCUT2D eigenvalue weighted by atomic mass is 10.2. The van der Waals surface area contributed by atoms with Crippen molar-refractivity contribution in [3.8, 4) is 0 Å². The highest BCUT2D eigenvalue weighted by Crippen LogP contribution is 2.30. The number of thiazole rings is 1. The summed E-state index contributed by atoms with van der Waals surface area (Å²) < 4.78 is 5.70. The lowest BCUT2D eigenvalue weighted by Crippen LogP contribution is -2.33. The maximum Gasteiger partial charge on any atom is 0.407 e. The second kappa shape index (κ2) is 8.70. The number of nitrogens with two attached hydrogens (primary N) is 1. The second-order valence-corrected chi connectivity index (χ2v) is 9.09. The molecule has 0 saturated heterocycles. The highest BCUT2D eigenvalue weighted by Gasteiger charge is 2.19. The Bertz CT molecular complexity index is 783. The maximum absolute atomic E-state index is 12.4. The van der Waals surface area contributed by atoms with Crippen LogP contribution in [-0.2, 0) is 4.74 Å². The summed E-state index contributed by atoms with van der Waals surface area (Å²) in [6.45, 7) is 6.46. The number of nitrogens with zero attached hydrogens (tertiary/aromatic N) is 1. The van der Waals surface area contributed by atoms with Crippen LogP contribution in [-0.4, -0.2) is 35.6 Å². The number of aromatic nitrogens is 1. The van der Waals surface area contributed by atoms with Gasteiger partial charge in [-0.1, -0.05) is 22.9 Å². The van der Waals surface area contributed by atoms with Crippen molar-refractivity contribution in [2.24, 2.45) is 0 Å². The molecule has 0 atom stereocenters. The van der Waals surface area contributed by atoms with Crippen molar-refractivity contribution in [3.05, 3.63) is 26.2 Å². The molecule has 0 bridgehead atoms. The number of alkyl carbamates (subject to hydrolysis) is 1. The number of rotatable bonds is 7. The molecule has 0 fully saturated rings. The number of hydrogen-bond acceptors (Lipinski definition) is 8. The van der Waals surface area contributed by atoms with Gasteiger partial charge in [0.1, 0.15) is 16.3 Å². The molecule has 0 aliphatic rings. The number of thiophene rings is 1. The summed E-state index contributed by atoms with van der Waals surface area (Å²) in [6, 6.07) is 3.34. The Labute approximate surface area is 164 Å². The van der Waals surface area contributed by atoms with Crippen LogP contribution >= 0.6 is 34.3 Å². The third kappa shape index (κ3) is 6.15. The largest absolute Gasteiger partial charge is 0.444 e. The van der Waals surface area contributed by atoms with Gasteiger partial charge in [-0.15, -0.1) is 11.3 Å². The minimum absolute atomic E-state index is 0.184. The van der Waals surface area contributed by atoms with Gasteiger partial charge in [0.25, 0.3) is 0 Å². The van der Waals surface area contributed by atoms with Gasteiger partial charge in [-0.2, -0.15) is 0 Å². The Morgan fingerprint density at radius 2 is 2.00 bits per heavy atom. The first-order valence-corrected chi connectivity index (χ1v) is 9.94. The Morgan fingerprint density at radius 3 is 2.62 bits per heavy atom. The Kier molecular flexibility index (Phi) is 6.85. The van der Waals surface area contributed by atoms with E-state index >= 15 is 0 Å². The van der Waals surface area contributed by atoms with Crippen molar-refractivity contribution in [1.82, 2.24) is 10.3 Å². The zero-order valence-corrected chi connectivity index (χ0v) is 17.1. The van der Waals surface area contributed by atoms with E-state index in [-0.39, 0.29) is 11.6 Å². The van der Waals surface area contributed by atoms with Gasteiger partial charge >= 0.3 is 6.09 Å². The molecule has 2 rings (SSSR count). The number of anilines is 2. The molecule has 142 valence electrons. The summed E-state index contributed by atoms with van der Waals surface area (Å²) in [5.41, 5.74) is 5.33. The van der Waals surface area contributed by atoms with Crippen LogP contribution in [0.1, 0.15) is 41.7 Å². The molecule has 26 heavy (non-hydrogen) atoms. The summed E-state index contributed by atoms with van der Waals surface area (Å²) in [5, 5.41) is 6.34. The number of hydrogen-bond donors (Lipinski definition) is 3. The van der Waals surface area contributed by atoms with E-state index in [0.717, 1.165) is 0 Å². The lowest BCUT2D eigenvalue weighted by molar-refractivity contribution is 0.0527. The zero-order valence-electron chi connectivity index (χ0n) is 14.7. The van der Waals surface area contributed by atoms with Crippen LogP contribution < -0.4 is 16.4 Å². The minimum Gasteiger partial charge on any atom is -0.444 e. The monoisotopic (exact) mass is 416 g/mol. The van der Waals surface area contributed by atoms with E-state index in [1.54, 1.807) is 12.1 Å². The van der Waals surface area contributed by atoms with Crippen LogP contribution in [0, 0.1) is 0 Å². The first-order valence-electron chi connectivity index (χ1n) is 7.93. The molecule has 7 nitrogen and oxygen atoms in total. The number of ether oxygens (including phenoxy) is 1. The molecule has 2 aromatic heterocycles. The van der Waals surface area contributed by atoms with Gasteiger partial charge < -0.3 is 21.1 Å². The molecule has 0 aliphatic heterocycles. The van der Waals surface area contributed by atoms with Crippen LogP contribution in [0.2, 0.25) is 4.34 Å². The van der Waals surface area contributed by atoms with Crippen molar-refractivity contribution in [2.75, 3.05) is 24.1 Å². The lowest BCUT2D eigenvalue weighted by Gasteiger charge is -2.19. The van der Waals surface area contributed by atoms with E-state index in [1.165, 1.54) is 22.7 Å². The molecule has 2 heterocycles. The quantitative estimate of drug-likeness (QED) is 0.465. The zero-order chi connectivity index (χ0) is 19.3. The smallest absolute Gasteiger partial charge is 0.407 e. The molecule has 4 N–H and O–H groups in total. The Balaban J connectivity index is 1.79. The highest BCUT2D eigenvalue weighted by atomic mass is 35.5. The SMILES string of the molecule is CC(C)(C)OC(=O)NCCCNc1nc(N)c(C(=O)c2ccc(Cl)s2)s1. The molecule has 0 spiro atoms. The molecule has 10 heteroatoms. The number of nitrogen functional groups attached to an aromatic ring is 1. The van der Waals surface area contributed by atoms with Crippen molar-refractivity contribution in [3.63, 3.8) is 0 Å². The number of carbonyl (C=O) groups is 2. The first kappa shape index (κ1) is 20.5. The summed E-state index contributed by atoms with van der Waals surface area (Å²) in [7, 11) is 0. The van der Waals surface area contributed by atoms with Crippen LogP contribution in [0.5, 0.6) is 0 Å². The maximum atomic E-state index is 12.4. The third-order valence-corrected chi connectivity index (χ3v) is 5.21. The number of halogens is 1. The van der Waals surface area contributed by atoms with E-state index in [1.807, 2.05) is 20.8 Å². The van der Waals surface area contributed by atoms with Crippen molar-refractivity contribution < 1.29 is 14.3 Å². The van der Waals surface area contributed by atoms with Crippen LogP contribution in [0.3, 0.4) is 0 Å². The Morgan fingerprint density at radius 1 is 1.27 bits per heavy atom. The highest BCUT2D eigenvalue weighted by molar-refractivity contribution is 7.21. The van der Waals surface area contributed by atoms with Crippen molar-refractivity contribution >= 4 is 57.1 Å². The van der Waals surface area contributed by atoms with E-state index in [0.29, 0.717) is 38.7 Å². The Hall–Kier alpha value is -1.84. The number of carbonyl (C=O) groups excluding carboxylic acids is 2. The standard InChI is InChI=1S/C16H21ClN4O3S2/c1-16(2,3)24-15(23)20-8-4-7-19-14-21-13(18)12(26-14)11(22)9-5-6-10(17)25-9/h5-6H,4,7-8,18H2,1-3H3,(H,19,21)(H,20,23). The average molecular weight is 417 g/mol. The summed E-state index contributed by atoms with van der Waals surface area (Å²) in [4.78, 5) is 29.0. The average Bonchev–Trinajstić information content (AvgIpc) is 3.10. The fraction of sp³-hybridized carbons (Fsp3) is 0.438. The van der Waals surface area contributed by atoms with Gasteiger partial charge in [-0.05, 0) is 39.3 Å². The van der Waals surface area contributed by atoms with Gasteiger partial charge in [0, 0.05) is 13.1 Å². The molecule has 1 amide bonds. The topological polar surface area (TPSA) is 106 Å². The van der Waals surface area contributed by atoms with Gasteiger partial charge in [-0.25, -0.2) is 9.78 Å². The molecule has 0 radical (unpaired) electrons. The van der Waals surface area contributed by atoms with Crippen LogP contribution in [0.25, 0.3) is 0 Å². The molecule has 0 aromatic carbocycles. The van der Waals surface area contributed by atoms with Gasteiger partial charge in [0.2, 0.25) is 5.78 Å². The van der Waals surface area contributed by atoms with Gasteiger partial charge in [0.15, 0.2) is 5.13 Å². The number of nitrogens with one attached hydrogen (secondary N) is 2. The van der Waals surface area contributed by atoms with E-state index in [4.69, 9.17) is 22.1 Å². The van der Waals surface area contributed by atoms with Crippen LogP contribution in [0.4, 0.5) is 15.7 Å². The van der Waals surface area contributed by atoms with Crippen LogP contribution in [0.15, 0.2) is 12.1 Å². The molecular weight excluding hydrogens is 396 g/mol. The molecule has 2 aromatic rings. The summed E-state index contributed by atoms with van der Waals surface area (Å²) in [6.07, 6.45) is 0.223. The van der Waals surface area contributed by atoms with E-state index < -0.39 is 11.7 Å². The van der Waals surface area contributed by atoms with Crippen molar-refractivity contribution in [1.29, 1.82) is 0 Å². The fourth-order valence-corrected chi connectivity index (χ4v) is 3.83. The second-order valence-electron chi connectivity index (χ2n) is 6.38. The van der Waals surface area contributed by atoms with Gasteiger partial charge in [0.05, 0.1) is 9.21 Å². The summed E-state index contributed by atoms with van der Waals surface area (Å²) >= 11 is 8.27. The minimum atomic E-state index is -0.517. The van der Waals surface area contributed by atoms with E-state index in [9.17, 15) is 9.59 Å². The third-order valence-electron chi connectivity index (χ3n) is 2.95. The molecule has 0 aliphatic carbocycles. The number of amides is 1. The molecular formula is C16H21ClN4O3S2. The summed E-state index contributed by atoms with van der Waals surface area (Å²) in [5.74, 6) is 0.00967. The predicted octanol–water partition coefficient (Wildman–Crippen LogP) is 4.00.